The van der Waals surface area contributed by atoms with E-state index in [0.717, 1.165) is 10.5 Å². The third-order valence-corrected chi connectivity index (χ3v) is 4.94. The minimum atomic E-state index is -0.0348. The molecule has 0 saturated heterocycles. The van der Waals surface area contributed by atoms with Crippen LogP contribution in [0.5, 0.6) is 0 Å². The van der Waals surface area contributed by atoms with Crippen molar-refractivity contribution in [2.24, 2.45) is 0 Å². The molecule has 1 aromatic carbocycles. The van der Waals surface area contributed by atoms with E-state index in [1.54, 1.807) is 11.8 Å². The summed E-state index contributed by atoms with van der Waals surface area (Å²) in [6.45, 7) is 2.07. The number of thioether (sulfide) groups is 1. The van der Waals surface area contributed by atoms with Gasteiger partial charge < -0.3 is 0 Å². The van der Waals surface area contributed by atoms with Crippen molar-refractivity contribution >= 4 is 33.5 Å². The maximum absolute atomic E-state index is 11.8. The van der Waals surface area contributed by atoms with E-state index in [1.165, 1.54) is 0 Å². The highest BCUT2D eigenvalue weighted by atomic mass is 79.9. The molecule has 0 aromatic heterocycles. The van der Waals surface area contributed by atoms with E-state index < -0.39 is 0 Å². The minimum absolute atomic E-state index is 0.0348. The SMILES string of the molecule is CC1Sc2ccccc2C(=O)C1Br. The van der Waals surface area contributed by atoms with Gasteiger partial charge >= 0.3 is 0 Å². The number of carbonyl (C=O) groups excluding carboxylic acids is 1. The maximum atomic E-state index is 11.8. The fourth-order valence-electron chi connectivity index (χ4n) is 1.39. The van der Waals surface area contributed by atoms with Crippen LogP contribution in [0.1, 0.15) is 17.3 Å². The lowest BCUT2D eigenvalue weighted by Gasteiger charge is -2.24. The van der Waals surface area contributed by atoms with Crippen molar-refractivity contribution in [3.63, 3.8) is 0 Å². The number of alkyl halides is 1. The summed E-state index contributed by atoms with van der Waals surface area (Å²) in [6.07, 6.45) is 0. The Kier molecular flexibility index (Phi) is 2.47. The summed E-state index contributed by atoms with van der Waals surface area (Å²) < 4.78 is 0. The van der Waals surface area contributed by atoms with Crippen LogP contribution < -0.4 is 0 Å². The molecule has 0 bridgehead atoms. The summed E-state index contributed by atoms with van der Waals surface area (Å²) in [5, 5.41) is 0.322. The Morgan fingerprint density at radius 1 is 1.38 bits per heavy atom. The molecule has 2 rings (SSSR count). The van der Waals surface area contributed by atoms with Gasteiger partial charge in [0.15, 0.2) is 5.78 Å². The van der Waals surface area contributed by atoms with Crippen LogP contribution >= 0.6 is 27.7 Å². The maximum Gasteiger partial charge on any atom is 0.178 e. The monoisotopic (exact) mass is 256 g/mol. The van der Waals surface area contributed by atoms with Crippen molar-refractivity contribution in [2.75, 3.05) is 0 Å². The van der Waals surface area contributed by atoms with Gasteiger partial charge in [0.1, 0.15) is 0 Å². The normalized spacial score (nSPS) is 27.1. The summed E-state index contributed by atoms with van der Waals surface area (Å²) in [6, 6.07) is 7.78. The zero-order chi connectivity index (χ0) is 9.42. The van der Waals surface area contributed by atoms with Crippen molar-refractivity contribution < 1.29 is 4.79 Å². The number of hydrogen-bond donors (Lipinski definition) is 0. The third-order valence-electron chi connectivity index (χ3n) is 2.13. The molecule has 3 heteroatoms. The summed E-state index contributed by atoms with van der Waals surface area (Å²) in [5.74, 6) is 0.210. The molecule has 0 saturated carbocycles. The van der Waals surface area contributed by atoms with E-state index in [-0.39, 0.29) is 10.6 Å². The first kappa shape index (κ1) is 9.28. The predicted octanol–water partition coefficient (Wildman–Crippen LogP) is 3.13. The highest BCUT2D eigenvalue weighted by Gasteiger charge is 2.31. The fraction of sp³-hybridized carbons (Fsp3) is 0.300. The second-order valence-corrected chi connectivity index (χ2v) is 5.49. The molecule has 0 N–H and O–H groups in total. The van der Waals surface area contributed by atoms with Crippen LogP contribution in [0.25, 0.3) is 0 Å². The predicted molar refractivity (Wildman–Crippen MR) is 58.8 cm³/mol. The van der Waals surface area contributed by atoms with Gasteiger partial charge in [0.25, 0.3) is 0 Å². The number of Topliss-reactive ketones (excluding diaryl/α,β-unsaturated/α-hetero) is 1. The van der Waals surface area contributed by atoms with E-state index in [4.69, 9.17) is 0 Å². The molecule has 1 aliphatic rings. The summed E-state index contributed by atoms with van der Waals surface area (Å²) in [7, 11) is 0. The van der Waals surface area contributed by atoms with Crippen LogP contribution in [0.15, 0.2) is 29.2 Å². The Balaban J connectivity index is 2.49. The Morgan fingerprint density at radius 3 is 2.85 bits per heavy atom. The highest BCUT2D eigenvalue weighted by molar-refractivity contribution is 9.10. The number of ketones is 1. The highest BCUT2D eigenvalue weighted by Crippen LogP contribution is 2.37. The van der Waals surface area contributed by atoms with Gasteiger partial charge in [0.2, 0.25) is 0 Å². The average molecular weight is 257 g/mol. The van der Waals surface area contributed by atoms with Gasteiger partial charge in [0.05, 0.1) is 4.83 Å². The van der Waals surface area contributed by atoms with Gasteiger partial charge in [0, 0.05) is 15.7 Å². The van der Waals surface area contributed by atoms with Crippen molar-refractivity contribution in [1.29, 1.82) is 0 Å². The molecule has 0 amide bonds. The summed E-state index contributed by atoms with van der Waals surface area (Å²) >= 11 is 5.17. The molecule has 0 spiro atoms. The molecular formula is C10H9BrOS. The average Bonchev–Trinajstić information content (AvgIpc) is 2.15. The molecule has 1 nitrogen and oxygen atoms in total. The van der Waals surface area contributed by atoms with E-state index in [0.29, 0.717) is 5.25 Å². The molecule has 0 radical (unpaired) electrons. The van der Waals surface area contributed by atoms with Crippen LogP contribution in [0.4, 0.5) is 0 Å². The topological polar surface area (TPSA) is 17.1 Å². The van der Waals surface area contributed by atoms with Gasteiger partial charge in [-0.3, -0.25) is 4.79 Å². The first-order valence-electron chi connectivity index (χ1n) is 4.14. The van der Waals surface area contributed by atoms with Crippen molar-refractivity contribution in [1.82, 2.24) is 0 Å². The Bertz CT molecular complexity index is 351. The molecule has 1 aromatic rings. The second kappa shape index (κ2) is 3.46. The lowest BCUT2D eigenvalue weighted by molar-refractivity contribution is 0.0986. The van der Waals surface area contributed by atoms with Gasteiger partial charge in [-0.2, -0.15) is 0 Å². The Hall–Kier alpha value is -0.280. The summed E-state index contributed by atoms with van der Waals surface area (Å²) in [4.78, 5) is 12.8. The van der Waals surface area contributed by atoms with Crippen molar-refractivity contribution in [2.45, 2.75) is 21.9 Å². The quantitative estimate of drug-likeness (QED) is 0.664. The number of fused-ring (bicyclic) bond motifs is 1. The number of rotatable bonds is 0. The van der Waals surface area contributed by atoms with E-state index in [1.807, 2.05) is 24.3 Å². The molecule has 0 fully saturated rings. The molecule has 1 heterocycles. The van der Waals surface area contributed by atoms with Crippen LogP contribution in [0, 0.1) is 0 Å². The molecule has 0 aliphatic carbocycles. The minimum Gasteiger partial charge on any atom is -0.293 e. The zero-order valence-electron chi connectivity index (χ0n) is 7.16. The number of halogens is 1. The number of carbonyl (C=O) groups is 1. The lowest BCUT2D eigenvalue weighted by atomic mass is 10.1. The van der Waals surface area contributed by atoms with E-state index >= 15 is 0 Å². The largest absolute Gasteiger partial charge is 0.293 e. The molecule has 2 atom stereocenters. The third kappa shape index (κ3) is 1.55. The van der Waals surface area contributed by atoms with Crippen LogP contribution in [0.2, 0.25) is 0 Å². The molecule has 1 aliphatic heterocycles. The fourth-order valence-corrected chi connectivity index (χ4v) is 3.06. The van der Waals surface area contributed by atoms with Crippen LogP contribution in [-0.4, -0.2) is 15.9 Å². The van der Waals surface area contributed by atoms with Gasteiger partial charge in [-0.1, -0.05) is 41.1 Å². The molecule has 13 heavy (non-hydrogen) atoms. The van der Waals surface area contributed by atoms with Gasteiger partial charge in [-0.25, -0.2) is 0 Å². The number of benzene rings is 1. The first-order valence-corrected chi connectivity index (χ1v) is 5.93. The van der Waals surface area contributed by atoms with E-state index in [2.05, 4.69) is 22.9 Å². The van der Waals surface area contributed by atoms with Crippen LogP contribution in [0.3, 0.4) is 0 Å². The van der Waals surface area contributed by atoms with Crippen molar-refractivity contribution in [3.8, 4) is 0 Å². The van der Waals surface area contributed by atoms with Crippen molar-refractivity contribution in [3.05, 3.63) is 29.8 Å². The summed E-state index contributed by atoms with van der Waals surface area (Å²) in [5.41, 5.74) is 0.854. The molecule has 68 valence electrons. The van der Waals surface area contributed by atoms with Crippen LogP contribution in [-0.2, 0) is 0 Å². The van der Waals surface area contributed by atoms with Gasteiger partial charge in [-0.05, 0) is 6.07 Å². The standard InChI is InChI=1S/C10H9BrOS/c1-6-9(11)10(12)7-4-2-3-5-8(7)13-6/h2-6,9H,1H3. The smallest absolute Gasteiger partial charge is 0.178 e. The second-order valence-electron chi connectivity index (χ2n) is 3.09. The Labute approximate surface area is 90.0 Å². The molecule has 2 unspecified atom stereocenters. The molecular weight excluding hydrogens is 248 g/mol. The Morgan fingerprint density at radius 2 is 2.08 bits per heavy atom. The van der Waals surface area contributed by atoms with Gasteiger partial charge in [-0.15, -0.1) is 11.8 Å². The lowest BCUT2D eigenvalue weighted by Crippen LogP contribution is -2.28. The first-order chi connectivity index (χ1) is 6.20. The number of hydrogen-bond acceptors (Lipinski definition) is 2. The zero-order valence-corrected chi connectivity index (χ0v) is 9.56. The van der Waals surface area contributed by atoms with E-state index in [9.17, 15) is 4.79 Å².